The summed E-state index contributed by atoms with van der Waals surface area (Å²) in [5.41, 5.74) is -0.195. The van der Waals surface area contributed by atoms with Crippen LogP contribution in [0.2, 0.25) is 0 Å². The van der Waals surface area contributed by atoms with E-state index in [1.54, 1.807) is 23.3 Å². The monoisotopic (exact) mass is 323 g/mol. The second-order valence-corrected chi connectivity index (χ2v) is 5.83. The number of nitrogens with zero attached hydrogens (tertiary/aromatic N) is 3. The Labute approximate surface area is 132 Å². The first-order chi connectivity index (χ1) is 11.1. The molecule has 0 atom stereocenters. The molecule has 1 amide bonds. The molecule has 23 heavy (non-hydrogen) atoms. The number of carbonyl (C=O) groups is 1. The van der Waals surface area contributed by atoms with Gasteiger partial charge in [-0.3, -0.25) is 9.48 Å². The van der Waals surface area contributed by atoms with E-state index in [1.807, 2.05) is 0 Å². The van der Waals surface area contributed by atoms with Crippen LogP contribution in [0.15, 0.2) is 28.9 Å². The number of amides is 1. The van der Waals surface area contributed by atoms with Gasteiger partial charge in [0.2, 0.25) is 0 Å². The van der Waals surface area contributed by atoms with Gasteiger partial charge in [-0.25, -0.2) is 8.78 Å². The van der Waals surface area contributed by atoms with Gasteiger partial charge in [-0.1, -0.05) is 12.8 Å². The molecule has 0 aliphatic heterocycles. The smallest absolute Gasteiger partial charge is 0.280 e. The highest BCUT2D eigenvalue weighted by Gasteiger charge is 2.30. The summed E-state index contributed by atoms with van der Waals surface area (Å²) in [5.74, 6) is 0.353. The molecular formula is C16H19F2N3O2. The van der Waals surface area contributed by atoms with Crippen LogP contribution in [-0.2, 0) is 13.6 Å². The fourth-order valence-corrected chi connectivity index (χ4v) is 3.09. The van der Waals surface area contributed by atoms with Crippen LogP contribution >= 0.6 is 0 Å². The molecule has 1 saturated carbocycles. The zero-order valence-corrected chi connectivity index (χ0v) is 12.9. The quantitative estimate of drug-likeness (QED) is 0.846. The summed E-state index contributed by atoms with van der Waals surface area (Å²) < 4.78 is 32.2. The van der Waals surface area contributed by atoms with Gasteiger partial charge in [0, 0.05) is 13.1 Å². The lowest BCUT2D eigenvalue weighted by atomic mass is 10.2. The van der Waals surface area contributed by atoms with Crippen molar-refractivity contribution in [2.75, 3.05) is 0 Å². The summed E-state index contributed by atoms with van der Waals surface area (Å²) in [7, 11) is 1.42. The predicted octanol–water partition coefficient (Wildman–Crippen LogP) is 3.54. The Bertz CT molecular complexity index is 661. The topological polar surface area (TPSA) is 51.3 Å². The molecule has 2 aromatic heterocycles. The van der Waals surface area contributed by atoms with E-state index in [-0.39, 0.29) is 23.3 Å². The van der Waals surface area contributed by atoms with Crippen LogP contribution in [0.5, 0.6) is 0 Å². The maximum Gasteiger partial charge on any atom is 0.280 e. The van der Waals surface area contributed by atoms with E-state index in [1.165, 1.54) is 13.1 Å². The van der Waals surface area contributed by atoms with Crippen LogP contribution in [0.4, 0.5) is 8.78 Å². The van der Waals surface area contributed by atoms with Gasteiger partial charge in [0.25, 0.3) is 12.3 Å². The van der Waals surface area contributed by atoms with Gasteiger partial charge in [0.05, 0.1) is 12.8 Å². The zero-order valence-electron chi connectivity index (χ0n) is 12.9. The first kappa shape index (κ1) is 15.7. The zero-order chi connectivity index (χ0) is 16.4. The number of hydrogen-bond acceptors (Lipinski definition) is 3. The predicted molar refractivity (Wildman–Crippen MR) is 79.0 cm³/mol. The van der Waals surface area contributed by atoms with Crippen molar-refractivity contribution >= 4 is 5.91 Å². The normalized spacial score (nSPS) is 15.5. The first-order valence-electron chi connectivity index (χ1n) is 7.71. The molecule has 3 rings (SSSR count). The summed E-state index contributed by atoms with van der Waals surface area (Å²) in [6.07, 6.45) is 2.87. The average Bonchev–Trinajstić information content (AvgIpc) is 3.25. The van der Waals surface area contributed by atoms with Gasteiger partial charge in [0.1, 0.15) is 11.5 Å². The molecule has 0 aromatic carbocycles. The highest BCUT2D eigenvalue weighted by atomic mass is 19.3. The Hall–Kier alpha value is -2.18. The summed E-state index contributed by atoms with van der Waals surface area (Å²) >= 11 is 0. The molecule has 0 radical (unpaired) electrons. The molecule has 0 N–H and O–H groups in total. The number of carbonyl (C=O) groups excluding carboxylic acids is 1. The van der Waals surface area contributed by atoms with E-state index < -0.39 is 6.43 Å². The van der Waals surface area contributed by atoms with Crippen LogP contribution in [0.3, 0.4) is 0 Å². The van der Waals surface area contributed by atoms with E-state index in [4.69, 9.17) is 4.42 Å². The Morgan fingerprint density at radius 2 is 2.22 bits per heavy atom. The molecule has 0 saturated heterocycles. The van der Waals surface area contributed by atoms with Crippen molar-refractivity contribution in [3.8, 4) is 0 Å². The van der Waals surface area contributed by atoms with E-state index >= 15 is 0 Å². The molecule has 2 aromatic rings. The molecule has 1 fully saturated rings. The largest absolute Gasteiger partial charge is 0.467 e. The molecule has 1 aliphatic carbocycles. The van der Waals surface area contributed by atoms with Crippen LogP contribution < -0.4 is 0 Å². The third kappa shape index (κ3) is 3.28. The van der Waals surface area contributed by atoms with Crippen LogP contribution in [0.25, 0.3) is 0 Å². The Balaban J connectivity index is 1.86. The Kier molecular flexibility index (Phi) is 4.45. The van der Waals surface area contributed by atoms with Crippen molar-refractivity contribution < 1.29 is 18.0 Å². The molecular weight excluding hydrogens is 304 g/mol. The van der Waals surface area contributed by atoms with Crippen molar-refractivity contribution in [2.45, 2.75) is 44.7 Å². The van der Waals surface area contributed by atoms with E-state index in [9.17, 15) is 13.6 Å². The minimum absolute atomic E-state index is 0.0567. The fraction of sp³-hybridized carbons (Fsp3) is 0.500. The van der Waals surface area contributed by atoms with E-state index in [2.05, 4.69) is 5.10 Å². The second-order valence-electron chi connectivity index (χ2n) is 5.83. The van der Waals surface area contributed by atoms with Crippen LogP contribution in [0.1, 0.15) is 54.1 Å². The third-order valence-electron chi connectivity index (χ3n) is 4.29. The van der Waals surface area contributed by atoms with Crippen molar-refractivity contribution in [1.29, 1.82) is 0 Å². The lowest BCUT2D eigenvalue weighted by Gasteiger charge is -2.27. The Morgan fingerprint density at radius 3 is 2.78 bits per heavy atom. The summed E-state index contributed by atoms with van der Waals surface area (Å²) in [6.45, 7) is 0.330. The van der Waals surface area contributed by atoms with Crippen LogP contribution in [0, 0.1) is 0 Å². The lowest BCUT2D eigenvalue weighted by Crippen LogP contribution is -2.38. The summed E-state index contributed by atoms with van der Waals surface area (Å²) in [6, 6.07) is 4.85. The van der Waals surface area contributed by atoms with Crippen molar-refractivity contribution in [3.05, 3.63) is 41.6 Å². The number of hydrogen-bond donors (Lipinski definition) is 0. The number of furan rings is 1. The SMILES string of the molecule is Cn1nc(C(=O)N(Cc2ccco2)C2CCCC2)cc1C(F)F. The van der Waals surface area contributed by atoms with Crippen molar-refractivity contribution in [3.63, 3.8) is 0 Å². The average molecular weight is 323 g/mol. The number of aryl methyl sites for hydroxylation is 1. The number of aromatic nitrogens is 2. The summed E-state index contributed by atoms with van der Waals surface area (Å²) in [5, 5.41) is 3.97. The molecule has 5 nitrogen and oxygen atoms in total. The van der Waals surface area contributed by atoms with Crippen LogP contribution in [-0.4, -0.2) is 26.6 Å². The van der Waals surface area contributed by atoms with E-state index in [0.717, 1.165) is 30.4 Å². The lowest BCUT2D eigenvalue weighted by molar-refractivity contribution is 0.0642. The molecule has 7 heteroatoms. The van der Waals surface area contributed by atoms with E-state index in [0.29, 0.717) is 12.3 Å². The highest BCUT2D eigenvalue weighted by molar-refractivity contribution is 5.92. The third-order valence-corrected chi connectivity index (χ3v) is 4.29. The molecule has 1 aliphatic rings. The number of rotatable bonds is 5. The molecule has 2 heterocycles. The fourth-order valence-electron chi connectivity index (χ4n) is 3.09. The summed E-state index contributed by atoms with van der Waals surface area (Å²) in [4.78, 5) is 14.5. The number of halogens is 2. The maximum atomic E-state index is 12.9. The van der Waals surface area contributed by atoms with Gasteiger partial charge >= 0.3 is 0 Å². The molecule has 0 bridgehead atoms. The molecule has 124 valence electrons. The van der Waals surface area contributed by atoms with Gasteiger partial charge < -0.3 is 9.32 Å². The minimum Gasteiger partial charge on any atom is -0.467 e. The van der Waals surface area contributed by atoms with Gasteiger partial charge in [-0.2, -0.15) is 5.10 Å². The Morgan fingerprint density at radius 1 is 1.48 bits per heavy atom. The number of alkyl halides is 2. The van der Waals surface area contributed by atoms with Gasteiger partial charge in [-0.05, 0) is 31.0 Å². The standard InChI is InChI=1S/C16H19F2N3O2/c1-20-14(15(17)18)9-13(19-20)16(22)21(11-5-2-3-6-11)10-12-7-4-8-23-12/h4,7-9,11,15H,2-3,5-6,10H2,1H3. The second kappa shape index (κ2) is 6.52. The van der Waals surface area contributed by atoms with Crippen molar-refractivity contribution in [2.24, 2.45) is 7.05 Å². The molecule has 0 spiro atoms. The highest BCUT2D eigenvalue weighted by Crippen LogP contribution is 2.27. The van der Waals surface area contributed by atoms with Gasteiger partial charge in [0.15, 0.2) is 5.69 Å². The minimum atomic E-state index is -2.65. The van der Waals surface area contributed by atoms with Crippen molar-refractivity contribution in [1.82, 2.24) is 14.7 Å². The molecule has 0 unspecified atom stereocenters. The maximum absolute atomic E-state index is 12.9. The van der Waals surface area contributed by atoms with Gasteiger partial charge in [-0.15, -0.1) is 0 Å². The first-order valence-corrected chi connectivity index (χ1v) is 7.71.